The minimum atomic E-state index is -4.87. The molecule has 0 amide bonds. The van der Waals surface area contributed by atoms with E-state index in [1.54, 1.807) is 6.07 Å². The molecule has 1 aromatic carbocycles. The summed E-state index contributed by atoms with van der Waals surface area (Å²) in [5.41, 5.74) is 0.259. The van der Waals surface area contributed by atoms with Crippen LogP contribution in [0.1, 0.15) is 5.69 Å². The Balaban J connectivity index is 1.83. The van der Waals surface area contributed by atoms with Crippen LogP contribution in [0.15, 0.2) is 35.5 Å². The quantitative estimate of drug-likeness (QED) is 0.144. The maximum Gasteiger partial charge on any atom is 0.466 e. The zero-order valence-corrected chi connectivity index (χ0v) is 16.5. The number of benzene rings is 1. The number of aliphatic hydroxyl groups excluding tert-OH is 4. The van der Waals surface area contributed by atoms with E-state index in [0.29, 0.717) is 5.69 Å². The molecule has 0 bridgehead atoms. The second kappa shape index (κ2) is 8.97. The number of nitrogens with zero attached hydrogens (tertiary/aromatic N) is 1. The molecule has 1 aromatic heterocycles. The van der Waals surface area contributed by atoms with Crippen LogP contribution in [0.3, 0.4) is 0 Å². The van der Waals surface area contributed by atoms with E-state index in [0.717, 1.165) is 22.7 Å². The third-order valence-electron chi connectivity index (χ3n) is 4.26. The van der Waals surface area contributed by atoms with Crippen LogP contribution >= 0.6 is 11.8 Å². The number of thioether (sulfide) groups is 1. The number of nitrogens with one attached hydrogen (secondary N) is 1. The zero-order valence-electron chi connectivity index (χ0n) is 14.8. The number of aliphatic hydroxyl groups is 4. The molecule has 29 heavy (non-hydrogen) atoms. The third-order valence-corrected chi connectivity index (χ3v) is 5.64. The normalized spacial score (nSPS) is 28.6. The number of oxime groups is 1. The molecule has 2 heterocycles. The molecule has 0 aliphatic carbocycles. The minimum absolute atomic E-state index is 0.0153. The van der Waals surface area contributed by atoms with Gasteiger partial charge >= 0.3 is 10.4 Å². The Labute approximate surface area is 169 Å². The fourth-order valence-electron chi connectivity index (χ4n) is 2.87. The van der Waals surface area contributed by atoms with Gasteiger partial charge in [0, 0.05) is 17.6 Å². The molecule has 2 aromatic rings. The van der Waals surface area contributed by atoms with Gasteiger partial charge < -0.3 is 30.1 Å². The molecule has 11 nitrogen and oxygen atoms in total. The van der Waals surface area contributed by atoms with Crippen LogP contribution in [0.5, 0.6) is 0 Å². The first-order chi connectivity index (χ1) is 13.7. The number of ether oxygens (including phenoxy) is 1. The summed E-state index contributed by atoms with van der Waals surface area (Å²) in [5.74, 6) is 0. The fraction of sp³-hybridized carbons (Fsp3) is 0.438. The number of aromatic nitrogens is 1. The van der Waals surface area contributed by atoms with Crippen LogP contribution in [-0.2, 0) is 25.8 Å². The summed E-state index contributed by atoms with van der Waals surface area (Å²) in [6, 6.07) is 9.19. The average molecular weight is 448 g/mol. The third kappa shape index (κ3) is 5.46. The number of para-hydroxylation sites is 1. The first-order valence-electron chi connectivity index (χ1n) is 8.44. The summed E-state index contributed by atoms with van der Waals surface area (Å²) < 4.78 is 40.1. The minimum Gasteiger partial charge on any atom is -0.394 e. The highest BCUT2D eigenvalue weighted by molar-refractivity contribution is 8.14. The lowest BCUT2D eigenvalue weighted by molar-refractivity contribution is -0.205. The lowest BCUT2D eigenvalue weighted by Crippen LogP contribution is -2.57. The number of rotatable bonds is 6. The van der Waals surface area contributed by atoms with E-state index in [4.69, 9.17) is 9.29 Å². The van der Waals surface area contributed by atoms with E-state index in [-0.39, 0.29) is 11.5 Å². The van der Waals surface area contributed by atoms with Crippen LogP contribution in [0, 0.1) is 0 Å². The van der Waals surface area contributed by atoms with Crippen LogP contribution in [-0.4, -0.2) is 79.9 Å². The Morgan fingerprint density at radius 1 is 1.21 bits per heavy atom. The van der Waals surface area contributed by atoms with Crippen LogP contribution in [0.4, 0.5) is 0 Å². The van der Waals surface area contributed by atoms with Gasteiger partial charge in [0.2, 0.25) is 0 Å². The number of hydrogen-bond donors (Lipinski definition) is 6. The molecule has 5 atom stereocenters. The molecule has 1 aliphatic rings. The van der Waals surface area contributed by atoms with Crippen LogP contribution in [0.2, 0.25) is 0 Å². The summed E-state index contributed by atoms with van der Waals surface area (Å²) in [5, 5.41) is 43.5. The van der Waals surface area contributed by atoms with Crippen LogP contribution in [0.25, 0.3) is 10.9 Å². The first kappa shape index (κ1) is 22.0. The monoisotopic (exact) mass is 448 g/mol. The molecule has 3 rings (SSSR count). The molecule has 13 heteroatoms. The molecular formula is C16H20N2O9S2. The molecule has 0 spiro atoms. The maximum absolute atomic E-state index is 10.9. The van der Waals surface area contributed by atoms with Crippen molar-refractivity contribution in [1.82, 2.24) is 4.98 Å². The summed E-state index contributed by atoms with van der Waals surface area (Å²) in [6.45, 7) is -0.613. The van der Waals surface area contributed by atoms with Gasteiger partial charge in [0.25, 0.3) is 0 Å². The number of hydrogen-bond acceptors (Lipinski definition) is 10. The molecule has 0 unspecified atom stereocenters. The van der Waals surface area contributed by atoms with Gasteiger partial charge in [0.1, 0.15) is 34.9 Å². The number of fused-ring (bicyclic) bond motifs is 1. The van der Waals surface area contributed by atoms with Gasteiger partial charge in [-0.25, -0.2) is 4.28 Å². The van der Waals surface area contributed by atoms with E-state index in [2.05, 4.69) is 14.4 Å². The Bertz CT molecular complexity index is 943. The standard InChI is InChI=1S/C16H20N2O9S2/c19-7-11-13(20)14(21)15(22)16(26-11)28-12(18-27-29(23,24)25)6-9-5-8-3-1-2-4-10(8)17-9/h1-5,11,13-17,19-22H,6-7H2,(H,23,24,25)/b18-12+/t11-,13-,14+,15-,16+/m1/s1. The molecule has 1 saturated heterocycles. The summed E-state index contributed by atoms with van der Waals surface area (Å²) in [6.07, 6.45) is -5.81. The van der Waals surface area contributed by atoms with Crippen molar-refractivity contribution in [2.45, 2.75) is 36.3 Å². The van der Waals surface area contributed by atoms with Gasteiger partial charge in [-0.1, -0.05) is 35.1 Å². The van der Waals surface area contributed by atoms with E-state index >= 15 is 0 Å². The Kier molecular flexibility index (Phi) is 6.80. The fourth-order valence-corrected chi connectivity index (χ4v) is 4.19. The summed E-state index contributed by atoms with van der Waals surface area (Å²) in [7, 11) is -4.87. The van der Waals surface area contributed by atoms with Gasteiger partial charge in [-0.05, 0) is 17.5 Å². The number of aromatic amines is 1. The van der Waals surface area contributed by atoms with Crippen molar-refractivity contribution in [3.63, 3.8) is 0 Å². The zero-order chi connectivity index (χ0) is 21.2. The van der Waals surface area contributed by atoms with Gasteiger partial charge in [-0.3, -0.25) is 4.55 Å². The summed E-state index contributed by atoms with van der Waals surface area (Å²) >= 11 is 0.719. The van der Waals surface area contributed by atoms with E-state index in [1.165, 1.54) is 0 Å². The second-order valence-electron chi connectivity index (χ2n) is 6.36. The van der Waals surface area contributed by atoms with E-state index in [9.17, 15) is 28.8 Å². The van der Waals surface area contributed by atoms with Crippen molar-refractivity contribution in [2.24, 2.45) is 5.16 Å². The van der Waals surface area contributed by atoms with Gasteiger partial charge in [-0.2, -0.15) is 8.42 Å². The lowest BCUT2D eigenvalue weighted by Gasteiger charge is -2.39. The second-order valence-corrected chi connectivity index (χ2v) is 8.54. The van der Waals surface area contributed by atoms with E-state index < -0.39 is 46.9 Å². The van der Waals surface area contributed by atoms with Crippen molar-refractivity contribution in [3.8, 4) is 0 Å². The first-order valence-corrected chi connectivity index (χ1v) is 10.7. The van der Waals surface area contributed by atoms with Gasteiger partial charge in [0.15, 0.2) is 0 Å². The van der Waals surface area contributed by atoms with Gasteiger partial charge in [0.05, 0.1) is 6.61 Å². The van der Waals surface area contributed by atoms with Crippen molar-refractivity contribution >= 4 is 38.1 Å². The van der Waals surface area contributed by atoms with Gasteiger partial charge in [-0.15, -0.1) is 0 Å². The van der Waals surface area contributed by atoms with Crippen molar-refractivity contribution in [2.75, 3.05) is 6.61 Å². The molecule has 6 N–H and O–H groups in total. The molecular weight excluding hydrogens is 428 g/mol. The molecule has 1 fully saturated rings. The number of H-pyrrole nitrogens is 1. The van der Waals surface area contributed by atoms with Crippen molar-refractivity contribution in [1.29, 1.82) is 0 Å². The maximum atomic E-state index is 10.9. The highest BCUT2D eigenvalue weighted by Crippen LogP contribution is 2.30. The molecule has 160 valence electrons. The lowest BCUT2D eigenvalue weighted by atomic mass is 10.0. The summed E-state index contributed by atoms with van der Waals surface area (Å²) in [4.78, 5) is 3.11. The highest BCUT2D eigenvalue weighted by atomic mass is 32.3. The Morgan fingerprint density at radius 2 is 1.93 bits per heavy atom. The highest BCUT2D eigenvalue weighted by Gasteiger charge is 2.44. The molecule has 1 aliphatic heterocycles. The predicted octanol–water partition coefficient (Wildman–Crippen LogP) is -0.624. The molecule has 0 radical (unpaired) electrons. The SMILES string of the molecule is O=S(=O)(O)O/N=C(\Cc1cc2ccccc2[nH]1)S[C@@H]1O[C@H](CO)[C@@H](O)[C@H](O)[C@H]1O. The Hall–Kier alpha value is -1.71. The van der Waals surface area contributed by atoms with Crippen LogP contribution < -0.4 is 0 Å². The van der Waals surface area contributed by atoms with E-state index in [1.807, 2.05) is 24.3 Å². The topological polar surface area (TPSA) is 182 Å². The largest absolute Gasteiger partial charge is 0.466 e. The van der Waals surface area contributed by atoms with Crippen molar-refractivity contribution < 1.29 is 42.4 Å². The molecule has 0 saturated carbocycles. The van der Waals surface area contributed by atoms with Crippen molar-refractivity contribution in [3.05, 3.63) is 36.0 Å². The average Bonchev–Trinajstić information content (AvgIpc) is 3.08. The predicted molar refractivity (Wildman–Crippen MR) is 103 cm³/mol. The Morgan fingerprint density at radius 3 is 2.59 bits per heavy atom. The smallest absolute Gasteiger partial charge is 0.394 e.